The second kappa shape index (κ2) is 3.83. The van der Waals surface area contributed by atoms with Gasteiger partial charge in [-0.15, -0.1) is 0 Å². The average Bonchev–Trinajstić information content (AvgIpc) is 2.29. The lowest BCUT2D eigenvalue weighted by Crippen LogP contribution is -2.82. The Morgan fingerprint density at radius 1 is 1.50 bits per heavy atom. The minimum absolute atomic E-state index is 0.0814. The van der Waals surface area contributed by atoms with Crippen LogP contribution in [-0.4, -0.2) is 40.7 Å². The zero-order chi connectivity index (χ0) is 9.19. The van der Waals surface area contributed by atoms with Crippen LogP contribution in [0.2, 0.25) is 0 Å². The maximum absolute atomic E-state index is 10.3. The lowest BCUT2D eigenvalue weighted by atomic mass is 10.1. The molecule has 0 spiro atoms. The summed E-state index contributed by atoms with van der Waals surface area (Å²) in [6.07, 6.45) is -0.517. The maximum Gasteiger partial charge on any atom is 0.469 e. The van der Waals surface area contributed by atoms with Crippen molar-refractivity contribution in [2.45, 2.75) is 6.10 Å². The zero-order valence-electron chi connectivity index (χ0n) is 6.46. The molecule has 0 aliphatic carbocycles. The number of aliphatic hydroxyl groups excluding tert-OH is 1. The summed E-state index contributed by atoms with van der Waals surface area (Å²) in [7, 11) is -4.37. The lowest BCUT2D eigenvalue weighted by Gasteiger charge is -2.10. The predicted molar refractivity (Wildman–Crippen MR) is 39.2 cm³/mol. The van der Waals surface area contributed by atoms with Crippen LogP contribution in [0.1, 0.15) is 0 Å². The molecule has 0 unspecified atom stereocenters. The molecule has 6 nitrogen and oxygen atoms in total. The second-order valence-corrected chi connectivity index (χ2v) is 4.11. The first-order valence-corrected chi connectivity index (χ1v) is 5.22. The molecule has 0 aromatic carbocycles. The molecule has 0 saturated carbocycles. The first kappa shape index (κ1) is 10.1. The molecule has 1 saturated heterocycles. The molecule has 0 amide bonds. The van der Waals surface area contributed by atoms with Gasteiger partial charge in [-0.25, -0.2) is 4.57 Å². The van der Waals surface area contributed by atoms with E-state index in [0.29, 0.717) is 13.1 Å². The Morgan fingerprint density at radius 3 is 2.58 bits per heavy atom. The first-order chi connectivity index (χ1) is 5.49. The number of hydrogen-bond acceptors (Lipinski definition) is 3. The molecule has 1 rings (SSSR count). The van der Waals surface area contributed by atoms with E-state index in [1.165, 1.54) is 0 Å². The van der Waals surface area contributed by atoms with E-state index in [9.17, 15) is 9.67 Å². The standard InChI is InChI=1S/C5H12NO5P/c7-5-2-6-1-4(5)3-11-12(8,9)10/h4-7H,1-3H2,(H2,8,9,10)/p+1/t4-,5+/m1/s1. The largest absolute Gasteiger partial charge is 0.469 e. The quantitative estimate of drug-likeness (QED) is 0.380. The van der Waals surface area contributed by atoms with Crippen molar-refractivity contribution in [2.75, 3.05) is 19.7 Å². The van der Waals surface area contributed by atoms with Crippen molar-refractivity contribution in [3.8, 4) is 0 Å². The maximum atomic E-state index is 10.3. The van der Waals surface area contributed by atoms with E-state index in [1.54, 1.807) is 0 Å². The molecule has 0 aromatic rings. The van der Waals surface area contributed by atoms with Crippen LogP contribution in [0.15, 0.2) is 0 Å². The van der Waals surface area contributed by atoms with E-state index in [1.807, 2.05) is 5.32 Å². The molecule has 0 aromatic heterocycles. The summed E-state index contributed by atoms with van der Waals surface area (Å²) in [4.78, 5) is 16.7. The third-order valence-corrected chi connectivity index (χ3v) is 2.36. The van der Waals surface area contributed by atoms with Gasteiger partial charge in [0, 0.05) is 0 Å². The predicted octanol–water partition coefficient (Wildman–Crippen LogP) is -2.35. The smallest absolute Gasteiger partial charge is 0.387 e. The average molecular weight is 198 g/mol. The van der Waals surface area contributed by atoms with E-state index in [-0.39, 0.29) is 12.5 Å². The van der Waals surface area contributed by atoms with E-state index in [0.717, 1.165) is 0 Å². The van der Waals surface area contributed by atoms with E-state index < -0.39 is 13.9 Å². The Hall–Kier alpha value is 0.0300. The molecule has 0 radical (unpaired) electrons. The van der Waals surface area contributed by atoms with Gasteiger partial charge in [0.1, 0.15) is 12.6 Å². The molecule has 1 aliphatic heterocycles. The summed E-state index contributed by atoms with van der Waals surface area (Å²) in [5.41, 5.74) is 0. The minimum atomic E-state index is -4.37. The van der Waals surface area contributed by atoms with Crippen LogP contribution in [0.4, 0.5) is 0 Å². The van der Waals surface area contributed by atoms with Crippen LogP contribution >= 0.6 is 7.82 Å². The fourth-order valence-corrected chi connectivity index (χ4v) is 1.59. The van der Waals surface area contributed by atoms with E-state index in [4.69, 9.17) is 9.79 Å². The van der Waals surface area contributed by atoms with Crippen LogP contribution in [0.25, 0.3) is 0 Å². The van der Waals surface area contributed by atoms with E-state index >= 15 is 0 Å². The van der Waals surface area contributed by atoms with Crippen molar-refractivity contribution in [3.63, 3.8) is 0 Å². The van der Waals surface area contributed by atoms with Crippen molar-refractivity contribution in [2.24, 2.45) is 5.92 Å². The molecular weight excluding hydrogens is 185 g/mol. The number of nitrogens with two attached hydrogens (primary N) is 1. The number of hydrogen-bond donors (Lipinski definition) is 4. The molecule has 7 heteroatoms. The summed E-state index contributed by atoms with van der Waals surface area (Å²) in [5, 5.41) is 11.1. The van der Waals surface area contributed by atoms with Gasteiger partial charge in [0.2, 0.25) is 0 Å². The van der Waals surface area contributed by atoms with Crippen LogP contribution < -0.4 is 5.32 Å². The van der Waals surface area contributed by atoms with Crippen LogP contribution in [-0.2, 0) is 9.09 Å². The zero-order valence-corrected chi connectivity index (χ0v) is 7.35. The highest BCUT2D eigenvalue weighted by atomic mass is 31.2. The summed E-state index contributed by atoms with van der Waals surface area (Å²) in [6, 6.07) is 0. The Balaban J connectivity index is 2.27. The number of phosphoric ester groups is 1. The van der Waals surface area contributed by atoms with Crippen LogP contribution in [0.5, 0.6) is 0 Å². The van der Waals surface area contributed by atoms with Gasteiger partial charge in [-0.3, -0.25) is 4.52 Å². The molecular formula is C5H13NO5P+. The molecule has 12 heavy (non-hydrogen) atoms. The van der Waals surface area contributed by atoms with Crippen LogP contribution in [0, 0.1) is 5.92 Å². The number of quaternary nitrogens is 1. The van der Waals surface area contributed by atoms with Gasteiger partial charge in [-0.2, -0.15) is 0 Å². The Morgan fingerprint density at radius 2 is 2.17 bits per heavy atom. The molecule has 2 atom stereocenters. The highest BCUT2D eigenvalue weighted by Gasteiger charge is 2.30. The summed E-state index contributed by atoms with van der Waals surface area (Å²) >= 11 is 0. The summed E-state index contributed by atoms with van der Waals surface area (Å²) < 4.78 is 14.5. The van der Waals surface area contributed by atoms with Gasteiger partial charge in [0.15, 0.2) is 0 Å². The SMILES string of the molecule is O=P(O)(O)OC[C@H]1C[NH2+]C[C@@H]1O. The highest BCUT2D eigenvalue weighted by molar-refractivity contribution is 7.46. The minimum Gasteiger partial charge on any atom is -0.387 e. The molecule has 1 aliphatic rings. The van der Waals surface area contributed by atoms with Gasteiger partial charge < -0.3 is 20.2 Å². The summed E-state index contributed by atoms with van der Waals surface area (Å²) in [6.45, 7) is 1.15. The fraction of sp³-hybridized carbons (Fsp3) is 1.00. The molecule has 1 fully saturated rings. The van der Waals surface area contributed by atoms with Gasteiger partial charge in [-0.1, -0.05) is 0 Å². The van der Waals surface area contributed by atoms with Crippen molar-refractivity contribution in [1.29, 1.82) is 0 Å². The van der Waals surface area contributed by atoms with Gasteiger partial charge >= 0.3 is 7.82 Å². The molecule has 1 heterocycles. The van der Waals surface area contributed by atoms with Crippen molar-refractivity contribution in [1.82, 2.24) is 0 Å². The Kier molecular flexibility index (Phi) is 3.22. The second-order valence-electron chi connectivity index (χ2n) is 2.87. The fourth-order valence-electron chi connectivity index (χ4n) is 1.20. The lowest BCUT2D eigenvalue weighted by molar-refractivity contribution is -0.640. The third-order valence-electron chi connectivity index (χ3n) is 1.88. The van der Waals surface area contributed by atoms with Crippen molar-refractivity contribution >= 4 is 7.82 Å². The molecule has 5 N–H and O–H groups in total. The monoisotopic (exact) mass is 198 g/mol. The highest BCUT2D eigenvalue weighted by Crippen LogP contribution is 2.36. The molecule has 0 bridgehead atoms. The van der Waals surface area contributed by atoms with Gasteiger partial charge in [-0.05, 0) is 0 Å². The van der Waals surface area contributed by atoms with Gasteiger partial charge in [0.25, 0.3) is 0 Å². The summed E-state index contributed by atoms with van der Waals surface area (Å²) in [5.74, 6) is -0.169. The van der Waals surface area contributed by atoms with Crippen LogP contribution in [0.3, 0.4) is 0 Å². The molecule has 72 valence electrons. The topological polar surface area (TPSA) is 104 Å². The van der Waals surface area contributed by atoms with Gasteiger partial charge in [0.05, 0.1) is 19.1 Å². The Bertz CT molecular complexity index is 192. The number of phosphoric acid groups is 1. The normalized spacial score (nSPS) is 30.9. The number of aliphatic hydroxyl groups is 1. The number of rotatable bonds is 3. The van der Waals surface area contributed by atoms with Crippen molar-refractivity contribution < 1.29 is 29.3 Å². The Labute approximate surface area is 69.8 Å². The van der Waals surface area contributed by atoms with Crippen molar-refractivity contribution in [3.05, 3.63) is 0 Å². The third kappa shape index (κ3) is 3.18. The first-order valence-electron chi connectivity index (χ1n) is 3.69. The van der Waals surface area contributed by atoms with E-state index in [2.05, 4.69) is 4.52 Å².